The Morgan fingerprint density at radius 2 is 1.75 bits per heavy atom. The van der Waals surface area contributed by atoms with Gasteiger partial charge < -0.3 is 14.2 Å². The molecule has 1 amide bonds. The van der Waals surface area contributed by atoms with Crippen LogP contribution in [0.5, 0.6) is 17.2 Å². The number of ether oxygens (including phenoxy) is 3. The number of hydrogen-bond acceptors (Lipinski definition) is 9. The van der Waals surface area contributed by atoms with Gasteiger partial charge in [-0.1, -0.05) is 0 Å². The molecule has 1 N–H and O–H groups in total. The van der Waals surface area contributed by atoms with Gasteiger partial charge >= 0.3 is 0 Å². The van der Waals surface area contributed by atoms with Crippen LogP contribution in [-0.4, -0.2) is 62.3 Å². The van der Waals surface area contributed by atoms with Crippen molar-refractivity contribution >= 4 is 49.0 Å². The van der Waals surface area contributed by atoms with Crippen molar-refractivity contribution in [3.05, 3.63) is 23.3 Å². The van der Waals surface area contributed by atoms with E-state index in [1.807, 2.05) is 0 Å². The number of fused-ring (bicyclic) bond motifs is 1. The van der Waals surface area contributed by atoms with E-state index < -0.39 is 15.7 Å². The lowest BCUT2D eigenvalue weighted by Crippen LogP contribution is -2.35. The zero-order valence-electron chi connectivity index (χ0n) is 15.3. The average molecular weight is 424 g/mol. The van der Waals surface area contributed by atoms with E-state index in [1.54, 1.807) is 12.1 Å². The van der Waals surface area contributed by atoms with Crippen LogP contribution in [0.1, 0.15) is 5.56 Å². The molecule has 0 aromatic heterocycles. The van der Waals surface area contributed by atoms with Crippen LogP contribution in [0.25, 0.3) is 6.08 Å². The summed E-state index contributed by atoms with van der Waals surface area (Å²) in [5, 5.41) is 13.2. The Balaban J connectivity index is 2.06. The summed E-state index contributed by atoms with van der Waals surface area (Å²) in [6, 6.07) is 3.22. The number of rotatable bonds is 4. The molecule has 0 fully saturated rings. The van der Waals surface area contributed by atoms with E-state index in [0.717, 1.165) is 23.0 Å². The predicted molar refractivity (Wildman–Crippen MR) is 106 cm³/mol. The summed E-state index contributed by atoms with van der Waals surface area (Å²) in [5.41, 5.74) is 0.442. The normalized spacial score (nSPS) is 18.0. The topological polar surface area (TPSA) is 131 Å². The standard InChI is InChI=1S/C16H16N4O6S2/c1-24-10-6-8(7-11(25-2)12(10)26-3)5-9-13(17)20-15(18-14(9)21)27-16(19-20)28(4,22)23/h5-7,17H,1-4H3/b9-5-,17-13?. The van der Waals surface area contributed by atoms with Gasteiger partial charge in [0, 0.05) is 6.26 Å². The van der Waals surface area contributed by atoms with Crippen LogP contribution in [0, 0.1) is 5.41 Å². The van der Waals surface area contributed by atoms with Crippen LogP contribution in [0.4, 0.5) is 0 Å². The van der Waals surface area contributed by atoms with Gasteiger partial charge in [-0.15, -0.1) is 5.10 Å². The fourth-order valence-corrected chi connectivity index (χ4v) is 4.16. The van der Waals surface area contributed by atoms with E-state index >= 15 is 0 Å². The van der Waals surface area contributed by atoms with Crippen LogP contribution in [0.15, 0.2) is 27.8 Å². The first-order chi connectivity index (χ1) is 13.2. The molecule has 12 heteroatoms. The van der Waals surface area contributed by atoms with Gasteiger partial charge in [-0.3, -0.25) is 10.2 Å². The van der Waals surface area contributed by atoms with Crippen molar-refractivity contribution < 1.29 is 27.4 Å². The highest BCUT2D eigenvalue weighted by Crippen LogP contribution is 2.39. The van der Waals surface area contributed by atoms with Gasteiger partial charge in [-0.05, 0) is 35.5 Å². The number of nitrogens with zero attached hydrogens (tertiary/aromatic N) is 3. The zero-order valence-corrected chi connectivity index (χ0v) is 17.0. The van der Waals surface area contributed by atoms with Gasteiger partial charge in [-0.25, -0.2) is 8.42 Å². The maximum atomic E-state index is 12.4. The molecule has 0 radical (unpaired) electrons. The largest absolute Gasteiger partial charge is 0.493 e. The zero-order chi connectivity index (χ0) is 20.6. The van der Waals surface area contributed by atoms with E-state index in [1.165, 1.54) is 27.4 Å². The summed E-state index contributed by atoms with van der Waals surface area (Å²) in [4.78, 5) is 16.3. The molecule has 2 heterocycles. The van der Waals surface area contributed by atoms with Crippen molar-refractivity contribution in [2.24, 2.45) is 10.1 Å². The summed E-state index contributed by atoms with van der Waals surface area (Å²) in [7, 11) is 0.802. The third-order valence-corrected chi connectivity index (χ3v) is 6.33. The molecule has 0 saturated carbocycles. The van der Waals surface area contributed by atoms with Crippen molar-refractivity contribution in [1.82, 2.24) is 5.01 Å². The highest BCUT2D eigenvalue weighted by atomic mass is 32.3. The fourth-order valence-electron chi connectivity index (χ4n) is 2.48. The Morgan fingerprint density at radius 3 is 2.25 bits per heavy atom. The third kappa shape index (κ3) is 3.47. The summed E-state index contributed by atoms with van der Waals surface area (Å²) < 4.78 is 39.0. The van der Waals surface area contributed by atoms with Gasteiger partial charge in [0.25, 0.3) is 5.91 Å². The van der Waals surface area contributed by atoms with Crippen molar-refractivity contribution in [2.75, 3.05) is 27.6 Å². The van der Waals surface area contributed by atoms with Crippen LogP contribution < -0.4 is 14.2 Å². The number of hydrazone groups is 1. The number of thioether (sulfide) groups is 1. The monoisotopic (exact) mass is 424 g/mol. The lowest BCUT2D eigenvalue weighted by atomic mass is 10.1. The summed E-state index contributed by atoms with van der Waals surface area (Å²) in [5.74, 6) is 0.178. The average Bonchev–Trinajstić information content (AvgIpc) is 3.08. The van der Waals surface area contributed by atoms with Crippen LogP contribution >= 0.6 is 11.8 Å². The number of benzene rings is 1. The Labute approximate surface area is 165 Å². The Kier molecular flexibility index (Phi) is 5.17. The minimum absolute atomic E-state index is 0.0254. The number of carbonyl (C=O) groups is 1. The molecular formula is C16H16N4O6S2. The van der Waals surface area contributed by atoms with Crippen molar-refractivity contribution in [1.29, 1.82) is 5.41 Å². The minimum atomic E-state index is -3.59. The number of aliphatic imine (C=N–C) groups is 1. The molecule has 2 aliphatic rings. The van der Waals surface area contributed by atoms with E-state index in [4.69, 9.17) is 19.6 Å². The molecule has 0 atom stereocenters. The van der Waals surface area contributed by atoms with Crippen LogP contribution in [0.2, 0.25) is 0 Å². The first kappa shape index (κ1) is 19.9. The molecule has 28 heavy (non-hydrogen) atoms. The van der Waals surface area contributed by atoms with Gasteiger partial charge in [0.05, 0.1) is 26.9 Å². The van der Waals surface area contributed by atoms with E-state index in [2.05, 4.69) is 10.1 Å². The SMILES string of the molecule is COc1cc(/C=C2/C(=N)N3N=C(S(C)(=O)=O)SC3=NC2=O)cc(OC)c1OC. The van der Waals surface area contributed by atoms with E-state index in [0.29, 0.717) is 22.8 Å². The molecule has 3 rings (SSSR count). The van der Waals surface area contributed by atoms with Gasteiger partial charge in [0.15, 0.2) is 17.3 Å². The summed E-state index contributed by atoms with van der Waals surface area (Å²) >= 11 is 0.727. The Hall–Kier alpha value is -2.86. The van der Waals surface area contributed by atoms with Gasteiger partial charge in [0.2, 0.25) is 25.1 Å². The second kappa shape index (κ2) is 7.28. The second-order valence-corrected chi connectivity index (χ2v) is 8.76. The Bertz CT molecular complexity index is 1050. The molecule has 2 aliphatic heterocycles. The molecule has 0 saturated heterocycles. The van der Waals surface area contributed by atoms with Gasteiger partial charge in [-0.2, -0.15) is 10.0 Å². The first-order valence-corrected chi connectivity index (χ1v) is 10.4. The molecular weight excluding hydrogens is 408 g/mol. The highest BCUT2D eigenvalue weighted by molar-refractivity contribution is 8.42. The third-order valence-electron chi connectivity index (χ3n) is 3.75. The quantitative estimate of drug-likeness (QED) is 0.717. The summed E-state index contributed by atoms with van der Waals surface area (Å²) in [6.07, 6.45) is 2.42. The van der Waals surface area contributed by atoms with Crippen LogP contribution in [0.3, 0.4) is 0 Å². The molecule has 0 unspecified atom stereocenters. The molecule has 0 bridgehead atoms. The van der Waals surface area contributed by atoms with Crippen molar-refractivity contribution in [3.63, 3.8) is 0 Å². The van der Waals surface area contributed by atoms with E-state index in [-0.39, 0.29) is 21.0 Å². The molecule has 10 nitrogen and oxygen atoms in total. The maximum absolute atomic E-state index is 12.4. The van der Waals surface area contributed by atoms with Crippen molar-refractivity contribution in [3.8, 4) is 17.2 Å². The van der Waals surface area contributed by atoms with Crippen LogP contribution in [-0.2, 0) is 14.6 Å². The lowest BCUT2D eigenvalue weighted by Gasteiger charge is -2.20. The number of nitrogens with one attached hydrogen (secondary N) is 1. The molecule has 1 aromatic carbocycles. The predicted octanol–water partition coefficient (Wildman–Crippen LogP) is 1.33. The Morgan fingerprint density at radius 1 is 1.14 bits per heavy atom. The number of carbonyl (C=O) groups excluding carboxylic acids is 1. The van der Waals surface area contributed by atoms with Crippen molar-refractivity contribution in [2.45, 2.75) is 0 Å². The maximum Gasteiger partial charge on any atom is 0.283 e. The number of amidine groups is 2. The molecule has 0 aliphatic carbocycles. The summed E-state index contributed by atoms with van der Waals surface area (Å²) in [6.45, 7) is 0. The highest BCUT2D eigenvalue weighted by Gasteiger charge is 2.38. The molecule has 0 spiro atoms. The number of methoxy groups -OCH3 is 3. The number of hydrogen-bond donors (Lipinski definition) is 1. The minimum Gasteiger partial charge on any atom is -0.493 e. The molecule has 148 valence electrons. The number of sulfone groups is 1. The second-order valence-electron chi connectivity index (χ2n) is 5.62. The van der Waals surface area contributed by atoms with E-state index in [9.17, 15) is 13.2 Å². The smallest absolute Gasteiger partial charge is 0.283 e. The lowest BCUT2D eigenvalue weighted by molar-refractivity contribution is -0.114. The fraction of sp³-hybridized carbons (Fsp3) is 0.250. The number of amides is 1. The molecule has 1 aromatic rings. The van der Waals surface area contributed by atoms with Gasteiger partial charge in [0.1, 0.15) is 0 Å². The first-order valence-electron chi connectivity index (χ1n) is 7.70.